The van der Waals surface area contributed by atoms with Crippen LogP contribution < -0.4 is 0 Å². The Kier molecular flexibility index (Phi) is 4.89. The fraction of sp³-hybridized carbons (Fsp3) is 0.571. The fourth-order valence-corrected chi connectivity index (χ4v) is 6.57. The molecule has 2 fully saturated rings. The van der Waals surface area contributed by atoms with Gasteiger partial charge < -0.3 is 9.72 Å². The third-order valence-electron chi connectivity index (χ3n) is 7.24. The maximum Gasteiger partial charge on any atom is 0.397 e. The summed E-state index contributed by atoms with van der Waals surface area (Å²) in [6.45, 7) is 1.83. The van der Waals surface area contributed by atoms with Gasteiger partial charge in [-0.3, -0.25) is 14.2 Å². The minimum Gasteiger partial charge on any atom is -0.469 e. The Morgan fingerprint density at radius 1 is 1.27 bits per heavy atom. The number of fused-ring (bicyclic) bond motifs is 6. The van der Waals surface area contributed by atoms with Gasteiger partial charge in [0.25, 0.3) is 0 Å². The molecule has 9 heteroatoms. The molecule has 0 bridgehead atoms. The molecule has 2 aromatic rings. The highest BCUT2D eigenvalue weighted by Gasteiger charge is 2.51. The van der Waals surface area contributed by atoms with Crippen LogP contribution in [-0.2, 0) is 30.5 Å². The number of aromatic nitrogens is 1. The van der Waals surface area contributed by atoms with E-state index in [2.05, 4.69) is 22.0 Å². The molecular weight excluding hydrogens is 408 g/mol. The molecule has 1 saturated heterocycles. The summed E-state index contributed by atoms with van der Waals surface area (Å²) in [5.74, 6) is -0.999. The van der Waals surface area contributed by atoms with E-state index in [9.17, 15) is 17.8 Å². The largest absolute Gasteiger partial charge is 0.469 e. The summed E-state index contributed by atoms with van der Waals surface area (Å²) in [5, 5.41) is 1.25. The van der Waals surface area contributed by atoms with Gasteiger partial charge in [-0.25, -0.2) is 4.18 Å². The number of carbonyl (C=O) groups is 1. The van der Waals surface area contributed by atoms with Crippen LogP contribution in [0.1, 0.15) is 36.6 Å². The number of ether oxygens (including phenoxy) is 1. The van der Waals surface area contributed by atoms with Gasteiger partial charge in [0.05, 0.1) is 25.2 Å². The van der Waals surface area contributed by atoms with Crippen molar-refractivity contribution in [2.24, 2.45) is 17.8 Å². The number of hydrogen-bond donors (Lipinski definition) is 2. The van der Waals surface area contributed by atoms with Gasteiger partial charge in [0.1, 0.15) is 0 Å². The van der Waals surface area contributed by atoms with Crippen LogP contribution in [0.3, 0.4) is 0 Å². The van der Waals surface area contributed by atoms with Gasteiger partial charge >= 0.3 is 16.4 Å². The number of benzene rings is 1. The summed E-state index contributed by atoms with van der Waals surface area (Å²) in [6.07, 6.45) is 1.96. The van der Waals surface area contributed by atoms with Crippen molar-refractivity contribution in [2.75, 3.05) is 20.2 Å². The van der Waals surface area contributed by atoms with E-state index in [0.717, 1.165) is 37.9 Å². The lowest BCUT2D eigenvalue weighted by atomic mass is 9.65. The monoisotopic (exact) mass is 434 g/mol. The molecule has 3 aliphatic rings. The molecule has 3 heterocycles. The first kappa shape index (κ1) is 20.0. The summed E-state index contributed by atoms with van der Waals surface area (Å²) >= 11 is 0. The number of hydrogen-bond acceptors (Lipinski definition) is 6. The second-order valence-electron chi connectivity index (χ2n) is 8.67. The van der Waals surface area contributed by atoms with Crippen molar-refractivity contribution in [3.63, 3.8) is 0 Å². The minimum atomic E-state index is -4.65. The first-order chi connectivity index (χ1) is 14.4. The molecule has 5 rings (SSSR count). The number of rotatable bonds is 3. The van der Waals surface area contributed by atoms with Gasteiger partial charge in [-0.1, -0.05) is 18.2 Å². The van der Waals surface area contributed by atoms with Crippen LogP contribution in [0.2, 0.25) is 0 Å². The summed E-state index contributed by atoms with van der Waals surface area (Å²) < 4.78 is 41.9. The van der Waals surface area contributed by atoms with Gasteiger partial charge in [0.15, 0.2) is 0 Å². The second kappa shape index (κ2) is 7.33. The number of nitrogens with zero attached hydrogens (tertiary/aromatic N) is 1. The molecule has 30 heavy (non-hydrogen) atoms. The molecule has 8 nitrogen and oxygen atoms in total. The molecule has 0 amide bonds. The molecule has 5 atom stereocenters. The molecule has 2 aliphatic heterocycles. The molecule has 0 unspecified atom stereocenters. The van der Waals surface area contributed by atoms with Crippen LogP contribution in [0.25, 0.3) is 10.9 Å². The standard InChI is InChI=1S/C21H26N2O6S/c1-28-21(24)19-15-10-17-20-14(13-4-2-3-5-16(13)22-20)8-9-23(17)11-12(15)6-7-18(19)29-30(25,26)27/h2-5,12,15,17-19,22H,6-11H2,1H3,(H,25,26,27)/t12-,15-,17+,18+,19-/m0/s1. The number of esters is 1. The van der Waals surface area contributed by atoms with Gasteiger partial charge in [0, 0.05) is 29.7 Å². The molecule has 0 spiro atoms. The Labute approximate surface area is 175 Å². The SMILES string of the molecule is COC(=O)[C@H]1[C@H]2C[C@@H]3c4[nH]c5ccccc5c4CCN3C[C@@H]2CC[C@H]1OS(=O)(=O)O. The third-order valence-corrected chi connectivity index (χ3v) is 7.73. The Balaban J connectivity index is 1.50. The van der Waals surface area contributed by atoms with Crippen molar-refractivity contribution in [3.8, 4) is 0 Å². The average Bonchev–Trinajstić information content (AvgIpc) is 3.10. The number of para-hydroxylation sites is 1. The van der Waals surface area contributed by atoms with E-state index >= 15 is 0 Å². The van der Waals surface area contributed by atoms with Crippen molar-refractivity contribution in [1.29, 1.82) is 0 Å². The predicted octanol–water partition coefficient (Wildman–Crippen LogP) is 2.47. The Hall–Kier alpha value is -1.94. The predicted molar refractivity (Wildman–Crippen MR) is 109 cm³/mol. The number of aromatic amines is 1. The molecular formula is C21H26N2O6S. The first-order valence-corrected chi connectivity index (χ1v) is 11.8. The van der Waals surface area contributed by atoms with Gasteiger partial charge in [0.2, 0.25) is 0 Å². The van der Waals surface area contributed by atoms with Gasteiger partial charge in [-0.2, -0.15) is 8.42 Å². The fourth-order valence-electron chi connectivity index (χ4n) is 6.05. The zero-order valence-electron chi connectivity index (χ0n) is 16.8. The molecule has 1 saturated carbocycles. The van der Waals surface area contributed by atoms with Crippen molar-refractivity contribution in [3.05, 3.63) is 35.5 Å². The number of carbonyl (C=O) groups excluding carboxylic acids is 1. The smallest absolute Gasteiger partial charge is 0.397 e. The highest BCUT2D eigenvalue weighted by atomic mass is 32.3. The average molecular weight is 435 g/mol. The van der Waals surface area contributed by atoms with Crippen molar-refractivity contribution >= 4 is 27.3 Å². The number of H-pyrrole nitrogens is 1. The van der Waals surface area contributed by atoms with Crippen LogP contribution in [0, 0.1) is 17.8 Å². The van der Waals surface area contributed by atoms with E-state index in [-0.39, 0.29) is 17.9 Å². The lowest BCUT2D eigenvalue weighted by Gasteiger charge is -2.51. The summed E-state index contributed by atoms with van der Waals surface area (Å²) in [4.78, 5) is 18.7. The molecule has 1 aliphatic carbocycles. The second-order valence-corrected chi connectivity index (χ2v) is 9.72. The van der Waals surface area contributed by atoms with Crippen LogP contribution in [-0.4, -0.2) is 55.1 Å². The molecule has 1 aromatic carbocycles. The Morgan fingerprint density at radius 2 is 2.07 bits per heavy atom. The van der Waals surface area contributed by atoms with E-state index in [0.29, 0.717) is 6.42 Å². The van der Waals surface area contributed by atoms with Crippen molar-refractivity contribution in [2.45, 2.75) is 37.8 Å². The van der Waals surface area contributed by atoms with Gasteiger partial charge in [-0.15, -0.1) is 0 Å². The van der Waals surface area contributed by atoms with E-state index < -0.39 is 28.4 Å². The molecule has 0 radical (unpaired) electrons. The normalized spacial score (nSPS) is 31.6. The topological polar surface area (TPSA) is 109 Å². The van der Waals surface area contributed by atoms with Gasteiger partial charge in [-0.05, 0) is 49.1 Å². The summed E-state index contributed by atoms with van der Waals surface area (Å²) in [6, 6.07) is 8.42. The Bertz CT molecular complexity index is 1080. The summed E-state index contributed by atoms with van der Waals surface area (Å²) in [7, 11) is -3.34. The molecule has 2 N–H and O–H groups in total. The van der Waals surface area contributed by atoms with Crippen molar-refractivity contribution in [1.82, 2.24) is 9.88 Å². The number of nitrogens with one attached hydrogen (secondary N) is 1. The van der Waals surface area contributed by atoms with Crippen LogP contribution in [0.4, 0.5) is 0 Å². The maximum absolute atomic E-state index is 12.7. The highest BCUT2D eigenvalue weighted by Crippen LogP contribution is 2.50. The number of piperidine rings is 1. The third kappa shape index (κ3) is 3.33. The van der Waals surface area contributed by atoms with E-state index in [4.69, 9.17) is 8.92 Å². The maximum atomic E-state index is 12.7. The number of methoxy groups -OCH3 is 1. The zero-order chi connectivity index (χ0) is 21.0. The lowest BCUT2D eigenvalue weighted by Crippen LogP contribution is -2.54. The van der Waals surface area contributed by atoms with Crippen LogP contribution in [0.15, 0.2) is 24.3 Å². The van der Waals surface area contributed by atoms with Crippen LogP contribution >= 0.6 is 0 Å². The van der Waals surface area contributed by atoms with E-state index in [1.165, 1.54) is 23.8 Å². The molecule has 1 aromatic heterocycles. The Morgan fingerprint density at radius 3 is 2.83 bits per heavy atom. The first-order valence-electron chi connectivity index (χ1n) is 10.4. The van der Waals surface area contributed by atoms with Crippen LogP contribution in [0.5, 0.6) is 0 Å². The lowest BCUT2D eigenvalue weighted by molar-refractivity contribution is -0.158. The van der Waals surface area contributed by atoms with E-state index in [1.54, 1.807) is 0 Å². The zero-order valence-corrected chi connectivity index (χ0v) is 17.6. The van der Waals surface area contributed by atoms with E-state index in [1.807, 2.05) is 12.1 Å². The quantitative estimate of drug-likeness (QED) is 0.564. The molecule has 162 valence electrons. The summed E-state index contributed by atoms with van der Waals surface area (Å²) in [5.41, 5.74) is 3.65. The minimum absolute atomic E-state index is 0.0726. The van der Waals surface area contributed by atoms with Crippen molar-refractivity contribution < 1.29 is 26.7 Å². The highest BCUT2D eigenvalue weighted by molar-refractivity contribution is 7.80.